The van der Waals surface area contributed by atoms with Gasteiger partial charge in [0, 0.05) is 24.1 Å². The Kier molecular flexibility index (Phi) is 6.73. The summed E-state index contributed by atoms with van der Waals surface area (Å²) in [6.07, 6.45) is 8.55. The molecule has 0 spiro atoms. The summed E-state index contributed by atoms with van der Waals surface area (Å²) in [6, 6.07) is 10.8. The Hall–Kier alpha value is -3.35. The van der Waals surface area contributed by atoms with Gasteiger partial charge < -0.3 is 5.11 Å². The Balaban J connectivity index is 1.55. The van der Waals surface area contributed by atoms with Gasteiger partial charge in [-0.05, 0) is 37.0 Å². The molecule has 1 aliphatic carbocycles. The molecule has 0 aliphatic heterocycles. The van der Waals surface area contributed by atoms with Gasteiger partial charge in [-0.25, -0.2) is 14.5 Å². The van der Waals surface area contributed by atoms with Crippen LogP contribution in [0.25, 0.3) is 11.3 Å². The van der Waals surface area contributed by atoms with Gasteiger partial charge in [-0.2, -0.15) is 0 Å². The summed E-state index contributed by atoms with van der Waals surface area (Å²) >= 11 is 0. The Bertz CT molecular complexity index is 1100. The molecular weight excluding hydrogens is 404 g/mol. The van der Waals surface area contributed by atoms with Crippen molar-refractivity contribution >= 4 is 11.8 Å². The number of carboxylic acids is 1. The van der Waals surface area contributed by atoms with Gasteiger partial charge in [0.1, 0.15) is 5.82 Å². The second-order valence-electron chi connectivity index (χ2n) is 8.36. The van der Waals surface area contributed by atoms with Crippen LogP contribution in [0.3, 0.4) is 0 Å². The maximum absolute atomic E-state index is 12.9. The molecule has 1 saturated carbocycles. The topological polar surface area (TPSA) is 98.0 Å². The highest BCUT2D eigenvalue weighted by Gasteiger charge is 2.26. The van der Waals surface area contributed by atoms with Crippen LogP contribution in [-0.4, -0.2) is 36.6 Å². The summed E-state index contributed by atoms with van der Waals surface area (Å²) in [6.45, 7) is 2.60. The van der Waals surface area contributed by atoms with Crippen molar-refractivity contribution in [3.05, 3.63) is 65.4 Å². The van der Waals surface area contributed by atoms with Gasteiger partial charge in [0.25, 0.3) is 0 Å². The first-order valence-electron chi connectivity index (χ1n) is 11.3. The number of rotatable bonds is 8. The number of hydrogen-bond donors (Lipinski definition) is 1. The number of aryl methyl sites for hydroxylation is 1. The highest BCUT2D eigenvalue weighted by Crippen LogP contribution is 2.26. The van der Waals surface area contributed by atoms with E-state index in [2.05, 4.69) is 22.0 Å². The Morgan fingerprint density at radius 1 is 1.09 bits per heavy atom. The van der Waals surface area contributed by atoms with E-state index in [4.69, 9.17) is 0 Å². The van der Waals surface area contributed by atoms with Gasteiger partial charge in [0.15, 0.2) is 0 Å². The van der Waals surface area contributed by atoms with Crippen molar-refractivity contribution in [2.24, 2.45) is 5.92 Å². The summed E-state index contributed by atoms with van der Waals surface area (Å²) in [5.74, 6) is 0.298. The van der Waals surface area contributed by atoms with Gasteiger partial charge in [-0.3, -0.25) is 9.78 Å². The van der Waals surface area contributed by atoms with Crippen LogP contribution >= 0.6 is 0 Å². The van der Waals surface area contributed by atoms with Gasteiger partial charge in [-0.15, -0.1) is 5.10 Å². The molecule has 0 atom stereocenters. The van der Waals surface area contributed by atoms with Gasteiger partial charge in [-0.1, -0.05) is 50.5 Å². The number of carbonyl (C=O) groups excluding carboxylic acids is 1. The number of nitrogens with zero attached hydrogens (tertiary/aromatic N) is 4. The molecule has 0 radical (unpaired) electrons. The Morgan fingerprint density at radius 2 is 1.84 bits per heavy atom. The van der Waals surface area contributed by atoms with Crippen molar-refractivity contribution in [3.8, 4) is 11.3 Å². The lowest BCUT2D eigenvalue weighted by Crippen LogP contribution is -2.19. The molecule has 1 fully saturated rings. The van der Waals surface area contributed by atoms with Crippen LogP contribution in [0, 0.1) is 5.92 Å². The fourth-order valence-corrected chi connectivity index (χ4v) is 4.31. The van der Waals surface area contributed by atoms with E-state index in [9.17, 15) is 14.7 Å². The zero-order chi connectivity index (χ0) is 22.5. The number of hydrogen-bond acceptors (Lipinski definition) is 5. The third-order valence-corrected chi connectivity index (χ3v) is 6.02. The second-order valence-corrected chi connectivity index (χ2v) is 8.36. The average molecular weight is 433 g/mol. The van der Waals surface area contributed by atoms with E-state index in [-0.39, 0.29) is 17.3 Å². The Morgan fingerprint density at radius 3 is 2.53 bits per heavy atom. The molecule has 2 aromatic heterocycles. The highest BCUT2D eigenvalue weighted by molar-refractivity contribution is 5.95. The molecule has 2 heterocycles. The number of benzene rings is 1. The van der Waals surface area contributed by atoms with Crippen molar-refractivity contribution < 1.29 is 14.7 Å². The SMILES string of the molecule is CCCc1nc(C(=O)C2CCCCC2)nn1Cc1ccc(-c2ncccc2C(=O)O)cc1. The number of Topliss-reactive ketones (excluding diaryl/α,β-unsaturated/α-hetero) is 1. The van der Waals surface area contributed by atoms with E-state index in [1.165, 1.54) is 6.42 Å². The molecule has 0 amide bonds. The van der Waals surface area contributed by atoms with E-state index in [1.54, 1.807) is 18.3 Å². The lowest BCUT2D eigenvalue weighted by atomic mass is 9.86. The minimum Gasteiger partial charge on any atom is -0.478 e. The van der Waals surface area contributed by atoms with E-state index < -0.39 is 5.97 Å². The molecular formula is C25H28N4O3. The van der Waals surface area contributed by atoms with E-state index >= 15 is 0 Å². The Labute approximate surface area is 187 Å². The largest absolute Gasteiger partial charge is 0.478 e. The van der Waals surface area contributed by atoms with Crippen LogP contribution in [-0.2, 0) is 13.0 Å². The standard InChI is InChI=1S/C25H28N4O3/c1-2-7-21-27-24(23(30)19-8-4-3-5-9-19)28-29(21)16-17-11-13-18(14-12-17)22-20(25(31)32)10-6-15-26-22/h6,10-15,19H,2-5,7-9,16H2,1H3,(H,31,32). The van der Waals surface area contributed by atoms with Crippen molar-refractivity contribution in [3.63, 3.8) is 0 Å². The zero-order valence-electron chi connectivity index (χ0n) is 18.3. The quantitative estimate of drug-likeness (QED) is 0.513. The molecule has 3 aromatic rings. The molecule has 1 aliphatic rings. The monoisotopic (exact) mass is 432 g/mol. The number of pyridine rings is 1. The molecule has 0 saturated heterocycles. The summed E-state index contributed by atoms with van der Waals surface area (Å²) in [4.78, 5) is 33.2. The molecule has 1 N–H and O–H groups in total. The van der Waals surface area contributed by atoms with E-state index in [1.807, 2.05) is 28.9 Å². The third-order valence-electron chi connectivity index (χ3n) is 6.02. The van der Waals surface area contributed by atoms with Crippen LogP contribution in [0.15, 0.2) is 42.6 Å². The third kappa shape index (κ3) is 4.77. The second kappa shape index (κ2) is 9.85. The fourth-order valence-electron chi connectivity index (χ4n) is 4.31. The maximum atomic E-state index is 12.9. The molecule has 7 heteroatoms. The van der Waals surface area contributed by atoms with E-state index in [0.29, 0.717) is 18.1 Å². The molecule has 1 aromatic carbocycles. The average Bonchev–Trinajstić information content (AvgIpc) is 3.22. The lowest BCUT2D eigenvalue weighted by molar-refractivity contribution is 0.0697. The molecule has 0 unspecified atom stereocenters. The molecule has 166 valence electrons. The van der Waals surface area contributed by atoms with Crippen molar-refractivity contribution in [2.45, 2.75) is 58.4 Å². The summed E-state index contributed by atoms with van der Waals surface area (Å²) < 4.78 is 1.83. The highest BCUT2D eigenvalue weighted by atomic mass is 16.4. The summed E-state index contributed by atoms with van der Waals surface area (Å²) in [5, 5.41) is 14.0. The van der Waals surface area contributed by atoms with Crippen LogP contribution < -0.4 is 0 Å². The van der Waals surface area contributed by atoms with Gasteiger partial charge in [0.2, 0.25) is 11.6 Å². The number of carboxylic acid groups (broad SMARTS) is 1. The van der Waals surface area contributed by atoms with Crippen LogP contribution in [0.5, 0.6) is 0 Å². The number of aromatic nitrogens is 4. The number of carbonyl (C=O) groups is 2. The summed E-state index contributed by atoms with van der Waals surface area (Å²) in [5.41, 5.74) is 2.36. The fraction of sp³-hybridized carbons (Fsp3) is 0.400. The molecule has 4 rings (SSSR count). The number of ketones is 1. The minimum atomic E-state index is -1.00. The number of aromatic carboxylic acids is 1. The van der Waals surface area contributed by atoms with Crippen molar-refractivity contribution in [2.75, 3.05) is 0 Å². The van der Waals surface area contributed by atoms with E-state index in [0.717, 1.165) is 55.5 Å². The lowest BCUT2D eigenvalue weighted by Gasteiger charge is -2.18. The van der Waals surface area contributed by atoms with Crippen LogP contribution in [0.2, 0.25) is 0 Å². The smallest absolute Gasteiger partial charge is 0.337 e. The zero-order valence-corrected chi connectivity index (χ0v) is 18.3. The minimum absolute atomic E-state index is 0.0511. The molecule has 0 bridgehead atoms. The van der Waals surface area contributed by atoms with Gasteiger partial charge in [0.05, 0.1) is 17.8 Å². The summed E-state index contributed by atoms with van der Waals surface area (Å²) in [7, 11) is 0. The molecule has 32 heavy (non-hydrogen) atoms. The molecule has 7 nitrogen and oxygen atoms in total. The first kappa shape index (κ1) is 21.9. The predicted octanol–water partition coefficient (Wildman–Crippen LogP) is 4.80. The van der Waals surface area contributed by atoms with Gasteiger partial charge >= 0.3 is 5.97 Å². The first-order chi connectivity index (χ1) is 15.6. The van der Waals surface area contributed by atoms with Crippen LogP contribution in [0.1, 0.15) is 77.8 Å². The van der Waals surface area contributed by atoms with Crippen molar-refractivity contribution in [1.82, 2.24) is 19.7 Å². The first-order valence-corrected chi connectivity index (χ1v) is 11.3. The normalized spacial score (nSPS) is 14.4. The van der Waals surface area contributed by atoms with Crippen LogP contribution in [0.4, 0.5) is 0 Å². The van der Waals surface area contributed by atoms with Crippen molar-refractivity contribution in [1.29, 1.82) is 0 Å². The maximum Gasteiger partial charge on any atom is 0.337 e. The predicted molar refractivity (Wildman–Crippen MR) is 121 cm³/mol.